The summed E-state index contributed by atoms with van der Waals surface area (Å²) in [6.45, 7) is 2.10. The molecule has 2 aliphatic carbocycles. The van der Waals surface area contributed by atoms with Crippen LogP contribution in [0.4, 0.5) is 0 Å². The van der Waals surface area contributed by atoms with Gasteiger partial charge in [-0.3, -0.25) is 0 Å². The molecule has 2 atom stereocenters. The van der Waals surface area contributed by atoms with Crippen molar-refractivity contribution in [3.05, 3.63) is 35.4 Å². The van der Waals surface area contributed by atoms with Gasteiger partial charge in [-0.15, -0.1) is 0 Å². The van der Waals surface area contributed by atoms with Gasteiger partial charge in [0, 0.05) is 0 Å². The van der Waals surface area contributed by atoms with Crippen LogP contribution in [0.5, 0.6) is 0 Å². The van der Waals surface area contributed by atoms with Gasteiger partial charge in [0.1, 0.15) is 0 Å². The van der Waals surface area contributed by atoms with Crippen LogP contribution in [0.2, 0.25) is 0 Å². The van der Waals surface area contributed by atoms with Crippen LogP contribution in [0.25, 0.3) is 0 Å². The summed E-state index contributed by atoms with van der Waals surface area (Å²) in [5.41, 5.74) is 1.96. The fourth-order valence-corrected chi connectivity index (χ4v) is 3.34. The van der Waals surface area contributed by atoms with Crippen LogP contribution in [-0.4, -0.2) is 5.11 Å². The van der Waals surface area contributed by atoms with E-state index in [0.717, 1.165) is 0 Å². The molecule has 0 saturated heterocycles. The van der Waals surface area contributed by atoms with Gasteiger partial charge < -0.3 is 5.11 Å². The van der Waals surface area contributed by atoms with Crippen molar-refractivity contribution in [2.75, 3.05) is 0 Å². The van der Waals surface area contributed by atoms with E-state index in [1.807, 2.05) is 12.1 Å². The third-order valence-electron chi connectivity index (χ3n) is 4.11. The quantitative estimate of drug-likeness (QED) is 0.718. The second-order valence-corrected chi connectivity index (χ2v) is 4.78. The molecule has 1 aromatic rings. The molecule has 1 heteroatoms. The van der Waals surface area contributed by atoms with Gasteiger partial charge in [-0.1, -0.05) is 30.7 Å². The third-order valence-corrected chi connectivity index (χ3v) is 4.11. The van der Waals surface area contributed by atoms with Crippen molar-refractivity contribution in [3.8, 4) is 0 Å². The molecule has 1 N–H and O–H groups in total. The third kappa shape index (κ3) is 0.885. The Balaban J connectivity index is 2.01. The first-order valence-corrected chi connectivity index (χ1v) is 5.53. The second-order valence-electron chi connectivity index (χ2n) is 4.78. The SMILES string of the molecule is Cc1ccccc1C1(O)C2CCCC21. The Morgan fingerprint density at radius 2 is 1.86 bits per heavy atom. The van der Waals surface area contributed by atoms with E-state index < -0.39 is 5.60 Å². The molecule has 0 amide bonds. The van der Waals surface area contributed by atoms with E-state index in [-0.39, 0.29) is 0 Å². The lowest BCUT2D eigenvalue weighted by atomic mass is 9.95. The zero-order chi connectivity index (χ0) is 9.76. The summed E-state index contributed by atoms with van der Waals surface area (Å²) in [7, 11) is 0. The molecular formula is C13H16O. The zero-order valence-electron chi connectivity index (χ0n) is 8.53. The Labute approximate surface area is 84.8 Å². The van der Waals surface area contributed by atoms with Crippen molar-refractivity contribution < 1.29 is 5.11 Å². The van der Waals surface area contributed by atoms with Crippen molar-refractivity contribution in [1.29, 1.82) is 0 Å². The van der Waals surface area contributed by atoms with Crippen LogP contribution < -0.4 is 0 Å². The van der Waals surface area contributed by atoms with Crippen molar-refractivity contribution in [2.24, 2.45) is 11.8 Å². The normalized spacial score (nSPS) is 39.6. The smallest absolute Gasteiger partial charge is 0.0962 e. The van der Waals surface area contributed by atoms with Crippen molar-refractivity contribution >= 4 is 0 Å². The lowest BCUT2D eigenvalue weighted by molar-refractivity contribution is 0.105. The van der Waals surface area contributed by atoms with E-state index in [4.69, 9.17) is 0 Å². The van der Waals surface area contributed by atoms with E-state index in [1.165, 1.54) is 30.4 Å². The van der Waals surface area contributed by atoms with E-state index in [0.29, 0.717) is 11.8 Å². The molecule has 74 valence electrons. The van der Waals surface area contributed by atoms with E-state index >= 15 is 0 Å². The predicted molar refractivity (Wildman–Crippen MR) is 55.9 cm³/mol. The fourth-order valence-electron chi connectivity index (χ4n) is 3.34. The highest BCUT2D eigenvalue weighted by Gasteiger charge is 2.66. The summed E-state index contributed by atoms with van der Waals surface area (Å²) in [6, 6.07) is 8.27. The maximum absolute atomic E-state index is 10.6. The van der Waals surface area contributed by atoms with Crippen LogP contribution in [0.15, 0.2) is 24.3 Å². The highest BCUT2D eigenvalue weighted by Crippen LogP contribution is 2.66. The van der Waals surface area contributed by atoms with Gasteiger partial charge in [0.15, 0.2) is 0 Å². The predicted octanol–water partition coefficient (Wildman–Crippen LogP) is 2.61. The lowest BCUT2D eigenvalue weighted by Gasteiger charge is -2.16. The molecule has 2 saturated carbocycles. The van der Waals surface area contributed by atoms with Crippen LogP contribution in [0, 0.1) is 18.8 Å². The number of hydrogen-bond donors (Lipinski definition) is 1. The minimum absolute atomic E-state index is 0.455. The average molecular weight is 188 g/mol. The highest BCUT2D eigenvalue weighted by molar-refractivity contribution is 5.39. The van der Waals surface area contributed by atoms with E-state index in [9.17, 15) is 5.11 Å². The minimum Gasteiger partial charge on any atom is -0.385 e. The molecule has 1 nitrogen and oxygen atoms in total. The maximum Gasteiger partial charge on any atom is 0.0962 e. The number of aryl methyl sites for hydroxylation is 1. The van der Waals surface area contributed by atoms with Gasteiger partial charge in [-0.05, 0) is 42.7 Å². The average Bonchev–Trinajstić information content (AvgIpc) is 2.63. The number of hydrogen-bond acceptors (Lipinski definition) is 1. The Kier molecular flexibility index (Phi) is 1.58. The van der Waals surface area contributed by atoms with Gasteiger partial charge in [-0.25, -0.2) is 0 Å². The van der Waals surface area contributed by atoms with Crippen LogP contribution in [0.1, 0.15) is 30.4 Å². The standard InChI is InChI=1S/C13H16O/c1-9-5-2-3-6-10(9)13(14)11-7-4-8-12(11)13/h2-3,5-6,11-12,14H,4,7-8H2,1H3. The molecular weight excluding hydrogens is 172 g/mol. The Hall–Kier alpha value is -0.820. The van der Waals surface area contributed by atoms with Gasteiger partial charge in [0.05, 0.1) is 5.60 Å². The van der Waals surface area contributed by atoms with Gasteiger partial charge in [0.25, 0.3) is 0 Å². The number of fused-ring (bicyclic) bond motifs is 1. The summed E-state index contributed by atoms with van der Waals surface area (Å²) in [5, 5.41) is 10.6. The Bertz CT molecular complexity index is 359. The summed E-state index contributed by atoms with van der Waals surface area (Å²) in [6.07, 6.45) is 3.74. The van der Waals surface area contributed by atoms with Crippen molar-refractivity contribution in [3.63, 3.8) is 0 Å². The molecule has 3 rings (SSSR count). The molecule has 14 heavy (non-hydrogen) atoms. The largest absolute Gasteiger partial charge is 0.385 e. The Morgan fingerprint density at radius 3 is 2.50 bits per heavy atom. The van der Waals surface area contributed by atoms with Crippen LogP contribution in [-0.2, 0) is 5.60 Å². The molecule has 0 spiro atoms. The molecule has 0 heterocycles. The molecule has 2 fully saturated rings. The summed E-state index contributed by atoms with van der Waals surface area (Å²) >= 11 is 0. The second kappa shape index (κ2) is 2.60. The summed E-state index contributed by atoms with van der Waals surface area (Å²) in [5.74, 6) is 1.12. The monoisotopic (exact) mass is 188 g/mol. The van der Waals surface area contributed by atoms with Crippen LogP contribution >= 0.6 is 0 Å². The van der Waals surface area contributed by atoms with E-state index in [2.05, 4.69) is 19.1 Å². The summed E-state index contributed by atoms with van der Waals surface area (Å²) in [4.78, 5) is 0. The molecule has 0 radical (unpaired) electrons. The van der Waals surface area contributed by atoms with Gasteiger partial charge in [-0.2, -0.15) is 0 Å². The van der Waals surface area contributed by atoms with Crippen molar-refractivity contribution in [2.45, 2.75) is 31.8 Å². The van der Waals surface area contributed by atoms with Gasteiger partial charge in [0.2, 0.25) is 0 Å². The van der Waals surface area contributed by atoms with Crippen LogP contribution in [0.3, 0.4) is 0 Å². The summed E-state index contributed by atoms with van der Waals surface area (Å²) < 4.78 is 0. The van der Waals surface area contributed by atoms with Gasteiger partial charge >= 0.3 is 0 Å². The van der Waals surface area contributed by atoms with Crippen molar-refractivity contribution in [1.82, 2.24) is 0 Å². The number of rotatable bonds is 1. The maximum atomic E-state index is 10.6. The fraction of sp³-hybridized carbons (Fsp3) is 0.538. The lowest BCUT2D eigenvalue weighted by Crippen LogP contribution is -2.14. The zero-order valence-corrected chi connectivity index (χ0v) is 8.53. The molecule has 0 aliphatic heterocycles. The number of aliphatic hydroxyl groups is 1. The number of benzene rings is 1. The first kappa shape index (κ1) is 8.49. The first-order chi connectivity index (χ1) is 6.74. The molecule has 0 bridgehead atoms. The Morgan fingerprint density at radius 1 is 1.21 bits per heavy atom. The topological polar surface area (TPSA) is 20.2 Å². The molecule has 1 aromatic carbocycles. The minimum atomic E-state index is -0.455. The molecule has 0 aromatic heterocycles. The highest BCUT2D eigenvalue weighted by atomic mass is 16.3. The van der Waals surface area contributed by atoms with E-state index in [1.54, 1.807) is 0 Å². The molecule has 2 aliphatic rings. The molecule has 2 unspecified atom stereocenters. The first-order valence-electron chi connectivity index (χ1n) is 5.53.